The SMILES string of the molecule is C/C=C/CCNCc1ccc(OCc2ccccc2)cc1. The molecule has 2 aromatic carbocycles. The van der Waals surface area contributed by atoms with Crippen LogP contribution in [0.25, 0.3) is 0 Å². The van der Waals surface area contributed by atoms with Crippen molar-refractivity contribution in [2.45, 2.75) is 26.5 Å². The lowest BCUT2D eigenvalue weighted by atomic mass is 10.2. The zero-order valence-corrected chi connectivity index (χ0v) is 12.6. The molecular weight excluding hydrogens is 258 g/mol. The molecular formula is C19H23NO. The number of allylic oxidation sites excluding steroid dienone is 1. The molecule has 0 bridgehead atoms. The molecule has 2 rings (SSSR count). The molecule has 0 saturated carbocycles. The molecule has 0 spiro atoms. The third kappa shape index (κ3) is 5.84. The van der Waals surface area contributed by atoms with E-state index in [4.69, 9.17) is 4.74 Å². The molecule has 0 aliphatic rings. The number of rotatable bonds is 8. The lowest BCUT2D eigenvalue weighted by molar-refractivity contribution is 0.306. The average molecular weight is 281 g/mol. The van der Waals surface area contributed by atoms with Gasteiger partial charge in [-0.25, -0.2) is 0 Å². The normalized spacial score (nSPS) is 10.9. The molecule has 0 heterocycles. The number of benzene rings is 2. The minimum Gasteiger partial charge on any atom is -0.489 e. The van der Waals surface area contributed by atoms with Gasteiger partial charge < -0.3 is 10.1 Å². The van der Waals surface area contributed by atoms with Gasteiger partial charge in [0.2, 0.25) is 0 Å². The topological polar surface area (TPSA) is 21.3 Å². The first-order chi connectivity index (χ1) is 10.4. The van der Waals surface area contributed by atoms with E-state index in [1.54, 1.807) is 0 Å². The standard InChI is InChI=1S/C19H23NO/c1-2-3-7-14-20-15-17-10-12-19(13-11-17)21-16-18-8-5-4-6-9-18/h2-6,8-13,20H,7,14-16H2,1H3/b3-2+. The second-order valence-corrected chi connectivity index (χ2v) is 4.95. The maximum absolute atomic E-state index is 5.78. The van der Waals surface area contributed by atoms with Crippen LogP contribution in [0.1, 0.15) is 24.5 Å². The molecule has 2 heteroatoms. The van der Waals surface area contributed by atoms with Gasteiger partial charge in [-0.1, -0.05) is 54.6 Å². The maximum atomic E-state index is 5.78. The van der Waals surface area contributed by atoms with Crippen LogP contribution >= 0.6 is 0 Å². The van der Waals surface area contributed by atoms with E-state index in [9.17, 15) is 0 Å². The van der Waals surface area contributed by atoms with Crippen molar-refractivity contribution >= 4 is 0 Å². The highest BCUT2D eigenvalue weighted by atomic mass is 16.5. The van der Waals surface area contributed by atoms with E-state index >= 15 is 0 Å². The quantitative estimate of drug-likeness (QED) is 0.574. The molecule has 2 nitrogen and oxygen atoms in total. The summed E-state index contributed by atoms with van der Waals surface area (Å²) < 4.78 is 5.78. The lowest BCUT2D eigenvalue weighted by Crippen LogP contribution is -2.13. The Morgan fingerprint density at radius 3 is 2.43 bits per heavy atom. The summed E-state index contributed by atoms with van der Waals surface area (Å²) in [5.74, 6) is 0.913. The van der Waals surface area contributed by atoms with Crippen molar-refractivity contribution in [2.24, 2.45) is 0 Å². The first-order valence-electron chi connectivity index (χ1n) is 7.46. The van der Waals surface area contributed by atoms with Crippen LogP contribution in [0.2, 0.25) is 0 Å². The van der Waals surface area contributed by atoms with Crippen LogP contribution in [0.15, 0.2) is 66.7 Å². The smallest absolute Gasteiger partial charge is 0.119 e. The van der Waals surface area contributed by atoms with Gasteiger partial charge >= 0.3 is 0 Å². The summed E-state index contributed by atoms with van der Waals surface area (Å²) in [5.41, 5.74) is 2.47. The molecule has 0 amide bonds. The van der Waals surface area contributed by atoms with E-state index in [1.165, 1.54) is 11.1 Å². The Morgan fingerprint density at radius 2 is 1.71 bits per heavy atom. The zero-order chi connectivity index (χ0) is 14.8. The molecule has 110 valence electrons. The van der Waals surface area contributed by atoms with Crippen molar-refractivity contribution in [1.82, 2.24) is 5.32 Å². The van der Waals surface area contributed by atoms with Crippen LogP contribution in [0, 0.1) is 0 Å². The van der Waals surface area contributed by atoms with Crippen molar-refractivity contribution in [3.8, 4) is 5.75 Å². The minimum atomic E-state index is 0.613. The molecule has 0 aromatic heterocycles. The van der Waals surface area contributed by atoms with Crippen LogP contribution in [-0.2, 0) is 13.2 Å². The van der Waals surface area contributed by atoms with Crippen molar-refractivity contribution in [1.29, 1.82) is 0 Å². The van der Waals surface area contributed by atoms with Crippen LogP contribution in [0.5, 0.6) is 5.75 Å². The summed E-state index contributed by atoms with van der Waals surface area (Å²) >= 11 is 0. The highest BCUT2D eigenvalue weighted by molar-refractivity contribution is 5.27. The Balaban J connectivity index is 1.74. The second-order valence-electron chi connectivity index (χ2n) is 4.95. The number of hydrogen-bond acceptors (Lipinski definition) is 2. The van der Waals surface area contributed by atoms with Crippen LogP contribution in [0.3, 0.4) is 0 Å². The van der Waals surface area contributed by atoms with Crippen molar-refractivity contribution in [3.63, 3.8) is 0 Å². The summed E-state index contributed by atoms with van der Waals surface area (Å²) in [6, 6.07) is 18.5. The summed E-state index contributed by atoms with van der Waals surface area (Å²) in [5, 5.41) is 3.42. The van der Waals surface area contributed by atoms with Gasteiger partial charge in [-0.15, -0.1) is 0 Å². The maximum Gasteiger partial charge on any atom is 0.119 e. The van der Waals surface area contributed by atoms with Gasteiger partial charge in [-0.05, 0) is 43.1 Å². The van der Waals surface area contributed by atoms with E-state index in [-0.39, 0.29) is 0 Å². The molecule has 0 fully saturated rings. The average Bonchev–Trinajstić information content (AvgIpc) is 2.55. The Morgan fingerprint density at radius 1 is 0.952 bits per heavy atom. The van der Waals surface area contributed by atoms with E-state index in [0.29, 0.717) is 6.61 Å². The molecule has 0 unspecified atom stereocenters. The van der Waals surface area contributed by atoms with Crippen LogP contribution in [-0.4, -0.2) is 6.54 Å². The molecule has 1 N–H and O–H groups in total. The van der Waals surface area contributed by atoms with Crippen molar-refractivity contribution in [3.05, 3.63) is 77.9 Å². The van der Waals surface area contributed by atoms with Gasteiger partial charge in [-0.3, -0.25) is 0 Å². The van der Waals surface area contributed by atoms with Crippen LogP contribution in [0.4, 0.5) is 0 Å². The molecule has 0 radical (unpaired) electrons. The second kappa shape index (κ2) is 8.98. The largest absolute Gasteiger partial charge is 0.489 e. The van der Waals surface area contributed by atoms with Gasteiger partial charge in [0.15, 0.2) is 0 Å². The number of ether oxygens (including phenoxy) is 1. The molecule has 2 aromatic rings. The zero-order valence-electron chi connectivity index (χ0n) is 12.6. The molecule has 0 aliphatic carbocycles. The lowest BCUT2D eigenvalue weighted by Gasteiger charge is -2.08. The molecule has 0 saturated heterocycles. The molecule has 0 aliphatic heterocycles. The first kappa shape index (κ1) is 15.3. The fraction of sp³-hybridized carbons (Fsp3) is 0.263. The van der Waals surface area contributed by atoms with Gasteiger partial charge in [0, 0.05) is 6.54 Å². The van der Waals surface area contributed by atoms with Crippen molar-refractivity contribution < 1.29 is 4.74 Å². The summed E-state index contributed by atoms with van der Waals surface area (Å²) in [6.45, 7) is 4.57. The molecule has 0 atom stereocenters. The highest BCUT2D eigenvalue weighted by Gasteiger charge is 1.97. The van der Waals surface area contributed by atoms with Crippen molar-refractivity contribution in [2.75, 3.05) is 6.54 Å². The monoisotopic (exact) mass is 281 g/mol. The van der Waals surface area contributed by atoms with Gasteiger partial charge in [0.1, 0.15) is 12.4 Å². The van der Waals surface area contributed by atoms with E-state index in [0.717, 1.165) is 25.3 Å². The summed E-state index contributed by atoms with van der Waals surface area (Å²) in [4.78, 5) is 0. The number of nitrogens with one attached hydrogen (secondary N) is 1. The van der Waals surface area contributed by atoms with Gasteiger partial charge in [0.05, 0.1) is 0 Å². The first-order valence-corrected chi connectivity index (χ1v) is 7.46. The Bertz CT molecular complexity index is 531. The highest BCUT2D eigenvalue weighted by Crippen LogP contribution is 2.14. The Hall–Kier alpha value is -2.06. The Kier molecular flexibility index (Phi) is 6.56. The van der Waals surface area contributed by atoms with E-state index in [1.807, 2.05) is 37.3 Å². The van der Waals surface area contributed by atoms with E-state index < -0.39 is 0 Å². The number of hydrogen-bond donors (Lipinski definition) is 1. The Labute approximate surface area is 127 Å². The fourth-order valence-electron chi connectivity index (χ4n) is 2.03. The predicted octanol–water partition coefficient (Wildman–Crippen LogP) is 4.32. The predicted molar refractivity (Wildman–Crippen MR) is 88.4 cm³/mol. The van der Waals surface area contributed by atoms with Crippen LogP contribution < -0.4 is 10.1 Å². The van der Waals surface area contributed by atoms with Gasteiger partial charge in [0.25, 0.3) is 0 Å². The third-order valence-electron chi connectivity index (χ3n) is 3.22. The summed E-state index contributed by atoms with van der Waals surface area (Å²) in [6.07, 6.45) is 5.34. The van der Waals surface area contributed by atoms with Gasteiger partial charge in [-0.2, -0.15) is 0 Å². The molecule has 21 heavy (non-hydrogen) atoms. The minimum absolute atomic E-state index is 0.613. The van der Waals surface area contributed by atoms with E-state index in [2.05, 4.69) is 41.7 Å². The third-order valence-corrected chi connectivity index (χ3v) is 3.22. The fourth-order valence-corrected chi connectivity index (χ4v) is 2.03. The summed E-state index contributed by atoms with van der Waals surface area (Å²) in [7, 11) is 0.